The summed E-state index contributed by atoms with van der Waals surface area (Å²) in [6.45, 7) is 1.92. The smallest absolute Gasteiger partial charge is 0.238 e. The molecule has 1 atom stereocenters. The van der Waals surface area contributed by atoms with Crippen LogP contribution in [0.4, 0.5) is 5.69 Å². The van der Waals surface area contributed by atoms with Crippen LogP contribution in [0.25, 0.3) is 0 Å². The van der Waals surface area contributed by atoms with Crippen LogP contribution < -0.4 is 5.32 Å². The van der Waals surface area contributed by atoms with E-state index in [0.29, 0.717) is 30.5 Å². The summed E-state index contributed by atoms with van der Waals surface area (Å²) in [4.78, 5) is 13.9. The second-order valence-corrected chi connectivity index (χ2v) is 4.88. The van der Waals surface area contributed by atoms with Gasteiger partial charge in [0.1, 0.15) is 0 Å². The molecule has 2 N–H and O–H groups in total. The molecule has 0 aromatic heterocycles. The lowest BCUT2D eigenvalue weighted by atomic mass is 10.2. The van der Waals surface area contributed by atoms with E-state index in [0.717, 1.165) is 0 Å². The number of rotatable bonds is 4. The monoisotopic (exact) mass is 284 g/mol. The van der Waals surface area contributed by atoms with E-state index in [2.05, 4.69) is 5.32 Å². The van der Waals surface area contributed by atoms with Crippen molar-refractivity contribution >= 4 is 23.2 Å². The molecule has 1 unspecified atom stereocenters. The largest absolute Gasteiger partial charge is 0.395 e. The average Bonchev–Trinajstić information content (AvgIpc) is 2.39. The van der Waals surface area contributed by atoms with E-state index >= 15 is 0 Å². The summed E-state index contributed by atoms with van der Waals surface area (Å²) in [5.41, 5.74) is 0.673. The third-order valence-electron chi connectivity index (χ3n) is 3.02. The zero-order valence-electron chi connectivity index (χ0n) is 10.5. The summed E-state index contributed by atoms with van der Waals surface area (Å²) in [7, 11) is 0. The van der Waals surface area contributed by atoms with Crippen molar-refractivity contribution in [3.8, 4) is 0 Å². The number of hydrogen-bond acceptors (Lipinski definition) is 4. The Labute approximate surface area is 117 Å². The van der Waals surface area contributed by atoms with Crippen molar-refractivity contribution in [2.45, 2.75) is 6.04 Å². The Kier molecular flexibility index (Phi) is 5.15. The third-order valence-corrected chi connectivity index (χ3v) is 3.25. The molecule has 6 heteroatoms. The molecule has 0 spiro atoms. The number of benzene rings is 1. The highest BCUT2D eigenvalue weighted by molar-refractivity contribution is 6.30. The predicted molar refractivity (Wildman–Crippen MR) is 73.3 cm³/mol. The molecule has 5 nitrogen and oxygen atoms in total. The maximum absolute atomic E-state index is 11.9. The van der Waals surface area contributed by atoms with Gasteiger partial charge in [0.25, 0.3) is 0 Å². The molecular weight excluding hydrogens is 268 g/mol. The highest BCUT2D eigenvalue weighted by Crippen LogP contribution is 2.15. The second-order valence-electron chi connectivity index (χ2n) is 4.44. The molecule has 0 saturated carbocycles. The number of anilines is 1. The molecule has 1 aliphatic rings. The summed E-state index contributed by atoms with van der Waals surface area (Å²) < 4.78 is 5.27. The number of halogens is 1. The Morgan fingerprint density at radius 3 is 3.16 bits per heavy atom. The van der Waals surface area contributed by atoms with Crippen molar-refractivity contribution in [1.82, 2.24) is 4.90 Å². The van der Waals surface area contributed by atoms with E-state index in [-0.39, 0.29) is 25.1 Å². The van der Waals surface area contributed by atoms with Gasteiger partial charge in [0.2, 0.25) is 5.91 Å². The van der Waals surface area contributed by atoms with Crippen LogP contribution in [0.3, 0.4) is 0 Å². The fourth-order valence-corrected chi connectivity index (χ4v) is 2.21. The van der Waals surface area contributed by atoms with Crippen LogP contribution in [0.2, 0.25) is 5.02 Å². The van der Waals surface area contributed by atoms with Crippen LogP contribution in [0, 0.1) is 0 Å². The topological polar surface area (TPSA) is 61.8 Å². The van der Waals surface area contributed by atoms with Crippen molar-refractivity contribution in [1.29, 1.82) is 0 Å². The molecule has 0 aliphatic carbocycles. The lowest BCUT2D eigenvalue weighted by Gasteiger charge is -2.33. The van der Waals surface area contributed by atoms with Gasteiger partial charge in [0, 0.05) is 17.3 Å². The molecule has 1 amide bonds. The van der Waals surface area contributed by atoms with Gasteiger partial charge in [0.05, 0.1) is 32.4 Å². The van der Waals surface area contributed by atoms with E-state index in [1.807, 2.05) is 4.90 Å². The number of nitrogens with zero attached hydrogens (tertiary/aromatic N) is 1. The molecular formula is C13H17ClN2O3. The Morgan fingerprint density at radius 2 is 2.42 bits per heavy atom. The number of ether oxygens (including phenoxy) is 1. The van der Waals surface area contributed by atoms with Crippen LogP contribution in [0.1, 0.15) is 0 Å². The summed E-state index contributed by atoms with van der Waals surface area (Å²) in [6.07, 6.45) is 0. The SMILES string of the molecule is O=C(CN1CCOCC1CO)Nc1cccc(Cl)c1. The number of carbonyl (C=O) groups is 1. The first-order valence-electron chi connectivity index (χ1n) is 6.17. The number of morpholine rings is 1. The molecule has 1 aromatic carbocycles. The number of hydrogen-bond donors (Lipinski definition) is 2. The highest BCUT2D eigenvalue weighted by Gasteiger charge is 2.24. The number of aliphatic hydroxyl groups is 1. The second kappa shape index (κ2) is 6.86. The van der Waals surface area contributed by atoms with Crippen LogP contribution in [-0.2, 0) is 9.53 Å². The maximum atomic E-state index is 11.9. The Hall–Kier alpha value is -1.14. The predicted octanol–water partition coefficient (Wildman–Crippen LogP) is 0.972. The number of nitrogens with one attached hydrogen (secondary N) is 1. The molecule has 19 heavy (non-hydrogen) atoms. The van der Waals surface area contributed by atoms with Gasteiger partial charge in [-0.2, -0.15) is 0 Å². The van der Waals surface area contributed by atoms with E-state index in [1.54, 1.807) is 24.3 Å². The molecule has 1 aromatic rings. The molecule has 1 aliphatic heterocycles. The minimum Gasteiger partial charge on any atom is -0.395 e. The van der Waals surface area contributed by atoms with E-state index < -0.39 is 0 Å². The Bertz CT molecular complexity index is 442. The van der Waals surface area contributed by atoms with Gasteiger partial charge in [-0.3, -0.25) is 9.69 Å². The quantitative estimate of drug-likeness (QED) is 0.865. The molecule has 0 radical (unpaired) electrons. The first-order valence-corrected chi connectivity index (χ1v) is 6.55. The van der Waals surface area contributed by atoms with E-state index in [1.165, 1.54) is 0 Å². The van der Waals surface area contributed by atoms with Gasteiger partial charge < -0.3 is 15.2 Å². The third kappa shape index (κ3) is 4.18. The molecule has 104 valence electrons. The number of carbonyl (C=O) groups excluding carboxylic acids is 1. The summed E-state index contributed by atoms with van der Waals surface area (Å²) in [5, 5.41) is 12.6. The van der Waals surface area contributed by atoms with Crippen LogP contribution in [0.15, 0.2) is 24.3 Å². The molecule has 1 fully saturated rings. The average molecular weight is 285 g/mol. The van der Waals surface area contributed by atoms with Gasteiger partial charge in [-0.15, -0.1) is 0 Å². The van der Waals surface area contributed by atoms with Gasteiger partial charge in [-0.05, 0) is 18.2 Å². The fraction of sp³-hybridized carbons (Fsp3) is 0.462. The van der Waals surface area contributed by atoms with Crippen molar-refractivity contribution < 1.29 is 14.6 Å². The van der Waals surface area contributed by atoms with Crippen molar-refractivity contribution in [2.75, 3.05) is 38.2 Å². The normalized spacial score (nSPS) is 20.2. The van der Waals surface area contributed by atoms with Gasteiger partial charge in [-0.1, -0.05) is 17.7 Å². The fourth-order valence-electron chi connectivity index (χ4n) is 2.02. The standard InChI is InChI=1S/C13H17ClN2O3/c14-10-2-1-3-11(6-10)15-13(18)7-16-4-5-19-9-12(16)8-17/h1-3,6,12,17H,4-5,7-9H2,(H,15,18). The van der Waals surface area contributed by atoms with E-state index in [9.17, 15) is 9.90 Å². The minimum atomic E-state index is -0.123. The van der Waals surface area contributed by atoms with Gasteiger partial charge in [0.15, 0.2) is 0 Å². The number of aliphatic hydroxyl groups excluding tert-OH is 1. The minimum absolute atomic E-state index is 0.00948. The maximum Gasteiger partial charge on any atom is 0.238 e. The first kappa shape index (κ1) is 14.3. The molecule has 2 rings (SSSR count). The van der Waals surface area contributed by atoms with E-state index in [4.69, 9.17) is 16.3 Å². The first-order chi connectivity index (χ1) is 9.19. The summed E-state index contributed by atoms with van der Waals surface area (Å²) in [6, 6.07) is 6.90. The van der Waals surface area contributed by atoms with Crippen LogP contribution in [0.5, 0.6) is 0 Å². The lowest BCUT2D eigenvalue weighted by Crippen LogP contribution is -2.50. The summed E-state index contributed by atoms with van der Waals surface area (Å²) in [5.74, 6) is -0.123. The zero-order valence-corrected chi connectivity index (χ0v) is 11.3. The van der Waals surface area contributed by atoms with Crippen LogP contribution >= 0.6 is 11.6 Å². The van der Waals surface area contributed by atoms with Crippen molar-refractivity contribution in [3.05, 3.63) is 29.3 Å². The van der Waals surface area contributed by atoms with Crippen molar-refractivity contribution in [3.63, 3.8) is 0 Å². The Balaban J connectivity index is 1.90. The number of amides is 1. The van der Waals surface area contributed by atoms with Crippen LogP contribution in [-0.4, -0.2) is 54.9 Å². The Morgan fingerprint density at radius 1 is 1.58 bits per heavy atom. The zero-order chi connectivity index (χ0) is 13.7. The molecule has 1 saturated heterocycles. The van der Waals surface area contributed by atoms with Crippen molar-refractivity contribution in [2.24, 2.45) is 0 Å². The van der Waals surface area contributed by atoms with Gasteiger partial charge >= 0.3 is 0 Å². The molecule has 0 bridgehead atoms. The van der Waals surface area contributed by atoms with Gasteiger partial charge in [-0.25, -0.2) is 0 Å². The molecule has 1 heterocycles. The lowest BCUT2D eigenvalue weighted by molar-refractivity contribution is -0.120. The summed E-state index contributed by atoms with van der Waals surface area (Å²) >= 11 is 5.85. The highest BCUT2D eigenvalue weighted by atomic mass is 35.5.